The predicted molar refractivity (Wildman–Crippen MR) is 125 cm³/mol. The Morgan fingerprint density at radius 2 is 2.03 bits per heavy atom. The second-order valence-corrected chi connectivity index (χ2v) is 9.90. The monoisotopic (exact) mass is 469 g/mol. The zero-order chi connectivity index (χ0) is 23.8. The van der Waals surface area contributed by atoms with Gasteiger partial charge in [0.2, 0.25) is 0 Å². The van der Waals surface area contributed by atoms with Crippen molar-refractivity contribution < 1.29 is 14.3 Å². The number of carbonyl (C=O) groups is 1. The van der Waals surface area contributed by atoms with Gasteiger partial charge in [-0.25, -0.2) is 14.8 Å². The summed E-state index contributed by atoms with van der Waals surface area (Å²) in [7, 11) is 0. The van der Waals surface area contributed by atoms with Crippen LogP contribution in [0.1, 0.15) is 57.7 Å². The molecule has 1 aliphatic carbocycles. The molecule has 0 N–H and O–H groups in total. The normalized spacial score (nSPS) is 18.6. The van der Waals surface area contributed by atoms with E-state index in [1.165, 1.54) is 0 Å². The molecule has 3 heterocycles. The number of anilines is 1. The number of halogens is 1. The van der Waals surface area contributed by atoms with Crippen molar-refractivity contribution in [1.29, 1.82) is 5.26 Å². The number of hydrogen-bond acceptors (Lipinski definition) is 7. The van der Waals surface area contributed by atoms with Gasteiger partial charge < -0.3 is 19.3 Å². The summed E-state index contributed by atoms with van der Waals surface area (Å²) in [5.41, 5.74) is 0.740. The second-order valence-electron chi connectivity index (χ2n) is 9.51. The summed E-state index contributed by atoms with van der Waals surface area (Å²) in [5, 5.41) is 10.2. The van der Waals surface area contributed by atoms with Crippen LogP contribution >= 0.6 is 11.6 Å². The molecule has 0 aromatic carbocycles. The van der Waals surface area contributed by atoms with E-state index in [2.05, 4.69) is 16.0 Å². The Bertz CT molecular complexity index is 1090. The van der Waals surface area contributed by atoms with Crippen LogP contribution in [0.4, 0.5) is 10.6 Å². The van der Waals surface area contributed by atoms with Crippen molar-refractivity contribution in [2.24, 2.45) is 0 Å². The first kappa shape index (κ1) is 23.1. The summed E-state index contributed by atoms with van der Waals surface area (Å²) < 4.78 is 11.6. The maximum Gasteiger partial charge on any atom is 0.410 e. The number of hydrogen-bond donors (Lipinski definition) is 0. The first-order chi connectivity index (χ1) is 15.6. The van der Waals surface area contributed by atoms with Crippen molar-refractivity contribution in [1.82, 2.24) is 14.9 Å². The van der Waals surface area contributed by atoms with Crippen LogP contribution < -0.4 is 9.64 Å². The van der Waals surface area contributed by atoms with Crippen LogP contribution in [-0.2, 0) is 4.74 Å². The number of nitrogens with zero attached hydrogens (tertiary/aromatic N) is 5. The van der Waals surface area contributed by atoms with Gasteiger partial charge >= 0.3 is 6.09 Å². The zero-order valence-corrected chi connectivity index (χ0v) is 20.1. The number of ether oxygens (including phenoxy) is 2. The molecular formula is C24H28ClN5O3. The molecule has 1 saturated heterocycles. The highest BCUT2D eigenvalue weighted by molar-refractivity contribution is 6.29. The fourth-order valence-electron chi connectivity index (χ4n) is 3.87. The molecule has 0 bridgehead atoms. The first-order valence-electron chi connectivity index (χ1n) is 11.1. The van der Waals surface area contributed by atoms with Gasteiger partial charge in [-0.1, -0.05) is 11.6 Å². The lowest BCUT2D eigenvalue weighted by molar-refractivity contribution is 0.0158. The van der Waals surface area contributed by atoms with Crippen molar-refractivity contribution in [2.75, 3.05) is 24.5 Å². The molecule has 0 spiro atoms. The summed E-state index contributed by atoms with van der Waals surface area (Å²) >= 11 is 5.99. The van der Waals surface area contributed by atoms with Crippen molar-refractivity contribution in [3.63, 3.8) is 0 Å². The number of aromatic nitrogens is 2. The van der Waals surface area contributed by atoms with Crippen molar-refractivity contribution in [2.45, 2.75) is 58.1 Å². The number of nitriles is 1. The maximum absolute atomic E-state index is 12.6. The first-order valence-corrected chi connectivity index (χ1v) is 11.5. The molecule has 1 amide bonds. The Morgan fingerprint density at radius 3 is 2.64 bits per heavy atom. The molecule has 4 rings (SSSR count). The van der Waals surface area contributed by atoms with E-state index in [1.807, 2.05) is 27.7 Å². The third-order valence-corrected chi connectivity index (χ3v) is 5.77. The lowest BCUT2D eigenvalue weighted by Gasteiger charge is -2.41. The molecule has 33 heavy (non-hydrogen) atoms. The third kappa shape index (κ3) is 5.48. The van der Waals surface area contributed by atoms with E-state index in [0.29, 0.717) is 53.6 Å². The fourth-order valence-corrected chi connectivity index (χ4v) is 4.03. The summed E-state index contributed by atoms with van der Waals surface area (Å²) in [4.78, 5) is 25.3. The molecule has 9 heteroatoms. The van der Waals surface area contributed by atoms with Crippen LogP contribution in [0.5, 0.6) is 11.5 Å². The Kier molecular flexibility index (Phi) is 6.35. The summed E-state index contributed by atoms with van der Waals surface area (Å²) in [6, 6.07) is 7.30. The summed E-state index contributed by atoms with van der Waals surface area (Å²) in [6.45, 7) is 9.18. The van der Waals surface area contributed by atoms with E-state index in [1.54, 1.807) is 29.3 Å². The van der Waals surface area contributed by atoms with Crippen LogP contribution in [0.15, 0.2) is 24.4 Å². The smallest absolute Gasteiger partial charge is 0.410 e. The van der Waals surface area contributed by atoms with E-state index in [4.69, 9.17) is 26.1 Å². The van der Waals surface area contributed by atoms with Crippen LogP contribution in [-0.4, -0.2) is 52.2 Å². The molecule has 2 aromatic heterocycles. The van der Waals surface area contributed by atoms with E-state index in [9.17, 15) is 10.1 Å². The minimum absolute atomic E-state index is 0.0822. The molecule has 2 fully saturated rings. The fraction of sp³-hybridized carbons (Fsp3) is 0.500. The van der Waals surface area contributed by atoms with Crippen LogP contribution in [0.3, 0.4) is 0 Å². The van der Waals surface area contributed by atoms with Gasteiger partial charge in [0.25, 0.3) is 0 Å². The highest BCUT2D eigenvalue weighted by Crippen LogP contribution is 2.46. The van der Waals surface area contributed by atoms with E-state index >= 15 is 0 Å². The standard InChI is InChI=1S/C24H28ClN5O3/c1-15-14-29(9-10-30(15)23(31)33-24(2,3)4)22-17(13-26)11-19(21(28-22)16-5-6-16)32-18-7-8-27-20(25)12-18/h7-8,11-12,15-16H,5-6,9-10,14H2,1-4H3/t15-/m1/s1. The maximum atomic E-state index is 12.6. The minimum atomic E-state index is -0.544. The van der Waals surface area contributed by atoms with Crippen LogP contribution in [0, 0.1) is 11.3 Å². The quantitative estimate of drug-likeness (QED) is 0.574. The number of pyridine rings is 2. The van der Waals surface area contributed by atoms with Crippen LogP contribution in [0.25, 0.3) is 0 Å². The minimum Gasteiger partial charge on any atom is -0.455 e. The summed E-state index contributed by atoms with van der Waals surface area (Å²) in [6.07, 6.45) is 3.33. The molecular weight excluding hydrogens is 442 g/mol. The molecule has 1 aliphatic heterocycles. The number of rotatable bonds is 4. The van der Waals surface area contributed by atoms with Crippen molar-refractivity contribution >= 4 is 23.5 Å². The predicted octanol–water partition coefficient (Wildman–Crippen LogP) is 5.12. The molecule has 0 radical (unpaired) electrons. The van der Waals surface area contributed by atoms with E-state index < -0.39 is 5.60 Å². The number of amides is 1. The average molecular weight is 470 g/mol. The van der Waals surface area contributed by atoms with E-state index in [0.717, 1.165) is 18.5 Å². The molecule has 2 aliphatic rings. The Hall–Kier alpha value is -3.05. The van der Waals surface area contributed by atoms with Gasteiger partial charge in [0, 0.05) is 49.9 Å². The zero-order valence-electron chi connectivity index (χ0n) is 19.3. The largest absolute Gasteiger partial charge is 0.455 e. The lowest BCUT2D eigenvalue weighted by Crippen LogP contribution is -2.55. The third-order valence-electron chi connectivity index (χ3n) is 5.56. The van der Waals surface area contributed by atoms with Gasteiger partial charge in [0.15, 0.2) is 5.75 Å². The highest BCUT2D eigenvalue weighted by atomic mass is 35.5. The molecule has 8 nitrogen and oxygen atoms in total. The van der Waals surface area contributed by atoms with Crippen molar-refractivity contribution in [3.05, 3.63) is 40.8 Å². The van der Waals surface area contributed by atoms with Gasteiger partial charge in [0.05, 0.1) is 11.3 Å². The van der Waals surface area contributed by atoms with Gasteiger partial charge in [-0.15, -0.1) is 0 Å². The van der Waals surface area contributed by atoms with Gasteiger partial charge in [-0.3, -0.25) is 0 Å². The Labute approximate surface area is 199 Å². The second kappa shape index (κ2) is 9.06. The topological polar surface area (TPSA) is 91.6 Å². The Morgan fingerprint density at radius 1 is 1.27 bits per heavy atom. The Balaban J connectivity index is 1.58. The van der Waals surface area contributed by atoms with E-state index in [-0.39, 0.29) is 12.1 Å². The number of carbonyl (C=O) groups excluding carboxylic acids is 1. The molecule has 1 saturated carbocycles. The van der Waals surface area contributed by atoms with Gasteiger partial charge in [-0.2, -0.15) is 5.26 Å². The average Bonchev–Trinajstić information content (AvgIpc) is 3.57. The van der Waals surface area contributed by atoms with Crippen LogP contribution in [0.2, 0.25) is 5.15 Å². The lowest BCUT2D eigenvalue weighted by atomic mass is 10.1. The van der Waals surface area contributed by atoms with Gasteiger partial charge in [-0.05, 0) is 46.6 Å². The molecule has 2 aromatic rings. The molecule has 174 valence electrons. The molecule has 1 atom stereocenters. The van der Waals surface area contributed by atoms with Gasteiger partial charge in [0.1, 0.15) is 28.4 Å². The summed E-state index contributed by atoms with van der Waals surface area (Å²) in [5.74, 6) is 2.06. The number of piperazine rings is 1. The highest BCUT2D eigenvalue weighted by Gasteiger charge is 2.34. The van der Waals surface area contributed by atoms with Crippen molar-refractivity contribution in [3.8, 4) is 17.6 Å². The molecule has 0 unspecified atom stereocenters. The SMILES string of the molecule is C[C@@H]1CN(c2nc(C3CC3)c(Oc3ccnc(Cl)c3)cc2C#N)CCN1C(=O)OC(C)(C)C.